The molecule has 0 bridgehead atoms. The van der Waals surface area contributed by atoms with Gasteiger partial charge in [0.1, 0.15) is 0 Å². The Labute approximate surface area is 170 Å². The van der Waals surface area contributed by atoms with Crippen molar-refractivity contribution in [1.82, 2.24) is 9.88 Å². The molecule has 1 fully saturated rings. The Balaban J connectivity index is 1.62. The standard InChI is InChI=1S/C22H29N3O4/c1-22(2,3)20(23)21(28)25-12-16(26)10-17(25)18(27)9-6-14-4-7-15(8-5-14)19-11-24-13-29-19/h4-5,7-8,11,13,16-17,20,26H,6,9-10,12,23H2,1-3H3/t16-,17+,20-/m1/s1. The summed E-state index contributed by atoms with van der Waals surface area (Å²) in [6.45, 7) is 5.83. The lowest BCUT2D eigenvalue weighted by Gasteiger charge is -2.32. The van der Waals surface area contributed by atoms with E-state index in [4.69, 9.17) is 10.2 Å². The van der Waals surface area contributed by atoms with Crippen LogP contribution in [0.25, 0.3) is 11.3 Å². The predicted molar refractivity (Wildman–Crippen MR) is 109 cm³/mol. The summed E-state index contributed by atoms with van der Waals surface area (Å²) < 4.78 is 5.28. The number of Topliss-reactive ketones (excluding diaryl/α,β-unsaturated/α-hetero) is 1. The lowest BCUT2D eigenvalue weighted by molar-refractivity contribution is -0.140. The second kappa shape index (κ2) is 8.47. The third-order valence-corrected chi connectivity index (χ3v) is 5.46. The van der Waals surface area contributed by atoms with Crippen LogP contribution in [-0.2, 0) is 16.0 Å². The molecule has 1 saturated heterocycles. The molecule has 3 rings (SSSR count). The van der Waals surface area contributed by atoms with Gasteiger partial charge in [-0.3, -0.25) is 9.59 Å². The number of rotatable bonds is 6. The van der Waals surface area contributed by atoms with Crippen LogP contribution in [0.1, 0.15) is 39.2 Å². The van der Waals surface area contributed by atoms with Crippen LogP contribution >= 0.6 is 0 Å². The first-order chi connectivity index (χ1) is 13.7. The van der Waals surface area contributed by atoms with Crippen molar-refractivity contribution >= 4 is 11.7 Å². The van der Waals surface area contributed by atoms with Gasteiger partial charge in [0, 0.05) is 24.9 Å². The lowest BCUT2D eigenvalue weighted by atomic mass is 9.86. The van der Waals surface area contributed by atoms with Crippen molar-refractivity contribution in [3.8, 4) is 11.3 Å². The number of likely N-dealkylation sites (tertiary alicyclic amines) is 1. The van der Waals surface area contributed by atoms with Crippen molar-refractivity contribution in [3.63, 3.8) is 0 Å². The number of hydrogen-bond donors (Lipinski definition) is 2. The monoisotopic (exact) mass is 399 g/mol. The van der Waals surface area contributed by atoms with Gasteiger partial charge in [-0.1, -0.05) is 45.0 Å². The highest BCUT2D eigenvalue weighted by Crippen LogP contribution is 2.26. The molecule has 0 saturated carbocycles. The second-order valence-electron chi connectivity index (χ2n) is 8.77. The smallest absolute Gasteiger partial charge is 0.240 e. The zero-order valence-electron chi connectivity index (χ0n) is 17.2. The molecule has 1 aromatic carbocycles. The fourth-order valence-electron chi connectivity index (χ4n) is 3.54. The molecular weight excluding hydrogens is 370 g/mol. The van der Waals surface area contributed by atoms with Gasteiger partial charge in [-0.25, -0.2) is 4.98 Å². The minimum absolute atomic E-state index is 0.0460. The van der Waals surface area contributed by atoms with E-state index in [9.17, 15) is 14.7 Å². The summed E-state index contributed by atoms with van der Waals surface area (Å²) in [5, 5.41) is 10.1. The molecule has 0 unspecified atom stereocenters. The van der Waals surface area contributed by atoms with Crippen molar-refractivity contribution in [1.29, 1.82) is 0 Å². The summed E-state index contributed by atoms with van der Waals surface area (Å²) in [6.07, 6.45) is 3.48. The van der Waals surface area contributed by atoms with Gasteiger partial charge in [-0.05, 0) is 17.4 Å². The highest BCUT2D eigenvalue weighted by atomic mass is 16.3. The number of nitrogens with zero attached hydrogens (tertiary/aromatic N) is 2. The number of benzene rings is 1. The highest BCUT2D eigenvalue weighted by molar-refractivity contribution is 5.92. The number of aliphatic hydroxyl groups is 1. The van der Waals surface area contributed by atoms with Gasteiger partial charge in [0.15, 0.2) is 17.9 Å². The van der Waals surface area contributed by atoms with E-state index in [0.29, 0.717) is 18.6 Å². The van der Waals surface area contributed by atoms with Gasteiger partial charge in [-0.15, -0.1) is 0 Å². The summed E-state index contributed by atoms with van der Waals surface area (Å²) in [4.78, 5) is 31.0. The highest BCUT2D eigenvalue weighted by Gasteiger charge is 2.42. The van der Waals surface area contributed by atoms with Gasteiger partial charge in [0.2, 0.25) is 5.91 Å². The Morgan fingerprint density at radius 2 is 2.00 bits per heavy atom. The summed E-state index contributed by atoms with van der Waals surface area (Å²) >= 11 is 0. The SMILES string of the molecule is CC(C)(C)[C@H](N)C(=O)N1C[C@H](O)C[C@H]1C(=O)CCc1ccc(-c2cnco2)cc1. The van der Waals surface area contributed by atoms with Crippen molar-refractivity contribution in [3.05, 3.63) is 42.4 Å². The number of aromatic nitrogens is 1. The summed E-state index contributed by atoms with van der Waals surface area (Å²) in [5.74, 6) is 0.371. The molecule has 0 radical (unpaired) electrons. The average Bonchev–Trinajstić information content (AvgIpc) is 3.34. The molecule has 0 spiro atoms. The molecule has 7 heteroatoms. The molecule has 1 aliphatic heterocycles. The number of hydrogen-bond acceptors (Lipinski definition) is 6. The van der Waals surface area contributed by atoms with Gasteiger partial charge < -0.3 is 20.2 Å². The third kappa shape index (κ3) is 4.92. The minimum atomic E-state index is -0.716. The molecule has 1 aromatic heterocycles. The number of carbonyl (C=O) groups excluding carboxylic acids is 2. The van der Waals surface area contributed by atoms with E-state index in [0.717, 1.165) is 11.1 Å². The van der Waals surface area contributed by atoms with Crippen molar-refractivity contribution in [2.75, 3.05) is 6.54 Å². The number of aryl methyl sites for hydroxylation is 1. The first-order valence-electron chi connectivity index (χ1n) is 9.91. The van der Waals surface area contributed by atoms with Gasteiger partial charge in [0.05, 0.1) is 24.4 Å². The topological polar surface area (TPSA) is 110 Å². The fourth-order valence-corrected chi connectivity index (χ4v) is 3.54. The van der Waals surface area contributed by atoms with Crippen LogP contribution in [0.4, 0.5) is 0 Å². The van der Waals surface area contributed by atoms with E-state index in [1.54, 1.807) is 6.20 Å². The van der Waals surface area contributed by atoms with Gasteiger partial charge in [0.25, 0.3) is 0 Å². The largest absolute Gasteiger partial charge is 0.444 e. The summed E-state index contributed by atoms with van der Waals surface area (Å²) in [5.41, 5.74) is 7.63. The molecule has 0 aliphatic carbocycles. The predicted octanol–water partition coefficient (Wildman–Crippen LogP) is 2.18. The summed E-state index contributed by atoms with van der Waals surface area (Å²) in [7, 11) is 0. The van der Waals surface area contributed by atoms with Crippen LogP contribution in [-0.4, -0.2) is 51.4 Å². The fraction of sp³-hybridized carbons (Fsp3) is 0.500. The Kier molecular flexibility index (Phi) is 6.19. The number of carbonyl (C=O) groups is 2. The Morgan fingerprint density at radius 1 is 1.31 bits per heavy atom. The molecule has 2 heterocycles. The zero-order valence-corrected chi connectivity index (χ0v) is 17.2. The number of ketones is 1. The van der Waals surface area contributed by atoms with Crippen LogP contribution in [0.2, 0.25) is 0 Å². The lowest BCUT2D eigenvalue weighted by Crippen LogP contribution is -2.53. The molecule has 156 valence electrons. The quantitative estimate of drug-likeness (QED) is 0.770. The molecule has 1 amide bonds. The second-order valence-corrected chi connectivity index (χ2v) is 8.77. The van der Waals surface area contributed by atoms with E-state index in [2.05, 4.69) is 4.98 Å². The maximum atomic E-state index is 12.8. The Hall–Kier alpha value is -2.51. The number of oxazole rings is 1. The average molecular weight is 399 g/mol. The van der Waals surface area contributed by atoms with Crippen LogP contribution in [0, 0.1) is 5.41 Å². The molecule has 29 heavy (non-hydrogen) atoms. The third-order valence-electron chi connectivity index (χ3n) is 5.46. The van der Waals surface area contributed by atoms with E-state index in [1.807, 2.05) is 45.0 Å². The van der Waals surface area contributed by atoms with Crippen LogP contribution in [0.5, 0.6) is 0 Å². The number of aliphatic hydroxyl groups excluding tert-OH is 1. The molecule has 3 atom stereocenters. The first kappa shape index (κ1) is 21.2. The number of nitrogens with two attached hydrogens (primary N) is 1. The van der Waals surface area contributed by atoms with E-state index in [-0.39, 0.29) is 24.7 Å². The molecule has 3 N–H and O–H groups in total. The Morgan fingerprint density at radius 3 is 2.59 bits per heavy atom. The first-order valence-corrected chi connectivity index (χ1v) is 9.91. The van der Waals surface area contributed by atoms with E-state index < -0.39 is 23.6 Å². The van der Waals surface area contributed by atoms with Crippen molar-refractivity contribution in [2.45, 2.75) is 58.2 Å². The van der Waals surface area contributed by atoms with Crippen molar-refractivity contribution < 1.29 is 19.1 Å². The van der Waals surface area contributed by atoms with E-state index in [1.165, 1.54) is 11.3 Å². The number of β-amino-alcohol motifs (C(OH)–C–C–N with tert-alkyl or cyclic N) is 1. The van der Waals surface area contributed by atoms with Crippen LogP contribution < -0.4 is 5.73 Å². The molecule has 7 nitrogen and oxygen atoms in total. The molecule has 1 aliphatic rings. The van der Waals surface area contributed by atoms with Crippen LogP contribution in [0.15, 0.2) is 41.3 Å². The number of amides is 1. The zero-order chi connectivity index (χ0) is 21.2. The molecular formula is C22H29N3O4. The molecule has 2 aromatic rings. The normalized spacial score (nSPS) is 20.7. The maximum Gasteiger partial charge on any atom is 0.240 e. The van der Waals surface area contributed by atoms with Gasteiger partial charge >= 0.3 is 0 Å². The summed E-state index contributed by atoms with van der Waals surface area (Å²) in [6, 6.07) is 6.43. The Bertz CT molecular complexity index is 840. The maximum absolute atomic E-state index is 12.8. The van der Waals surface area contributed by atoms with Crippen molar-refractivity contribution in [2.24, 2.45) is 11.1 Å². The van der Waals surface area contributed by atoms with Gasteiger partial charge in [-0.2, -0.15) is 0 Å². The minimum Gasteiger partial charge on any atom is -0.444 e. The van der Waals surface area contributed by atoms with Crippen LogP contribution in [0.3, 0.4) is 0 Å². The van der Waals surface area contributed by atoms with E-state index >= 15 is 0 Å².